The molecule has 0 aromatic carbocycles. The molecule has 1 heterocycles. The van der Waals surface area contributed by atoms with Crippen LogP contribution >= 0.6 is 0 Å². The van der Waals surface area contributed by atoms with Gasteiger partial charge in [0.25, 0.3) is 0 Å². The van der Waals surface area contributed by atoms with Gasteiger partial charge in [0.05, 0.1) is 6.54 Å². The number of hydrogen-bond donors (Lipinski definition) is 0. The lowest BCUT2D eigenvalue weighted by Gasteiger charge is -2.35. The van der Waals surface area contributed by atoms with Gasteiger partial charge in [0, 0.05) is 31.9 Å². The molecule has 5 nitrogen and oxygen atoms in total. The first-order chi connectivity index (χ1) is 8.60. The largest absolute Gasteiger partial charge is 0.444 e. The Bertz CT molecular complexity index is 394. The lowest BCUT2D eigenvalue weighted by atomic mass is 9.97. The summed E-state index contributed by atoms with van der Waals surface area (Å²) in [6.07, 6.45) is 1.97. The van der Waals surface area contributed by atoms with E-state index in [0.717, 1.165) is 5.57 Å². The normalized spacial score (nSPS) is 22.6. The predicted molar refractivity (Wildman–Crippen MR) is 73.8 cm³/mol. The molecule has 1 fully saturated rings. The number of nitrogens with zero attached hydrogens (tertiary/aromatic N) is 2. The number of ether oxygens (including phenoxy) is 1. The Labute approximate surface area is 115 Å². The molecule has 108 valence electrons. The number of carbonyl (C=O) groups excluding carboxylic acids is 2. The number of amides is 1. The molecule has 1 aliphatic rings. The van der Waals surface area contributed by atoms with Crippen molar-refractivity contribution in [2.45, 2.75) is 45.8 Å². The van der Waals surface area contributed by atoms with Crippen LogP contribution < -0.4 is 0 Å². The van der Waals surface area contributed by atoms with Crippen molar-refractivity contribution in [2.75, 3.05) is 20.6 Å². The van der Waals surface area contributed by atoms with Crippen molar-refractivity contribution in [2.24, 2.45) is 0 Å². The molecule has 1 amide bonds. The summed E-state index contributed by atoms with van der Waals surface area (Å²) in [7, 11) is 3.76. The van der Waals surface area contributed by atoms with Gasteiger partial charge in [-0.15, -0.1) is 0 Å². The molecule has 0 aliphatic carbocycles. The van der Waals surface area contributed by atoms with Crippen molar-refractivity contribution in [3.63, 3.8) is 0 Å². The van der Waals surface area contributed by atoms with Gasteiger partial charge >= 0.3 is 6.09 Å². The second-order valence-corrected chi connectivity index (χ2v) is 6.20. The smallest absolute Gasteiger partial charge is 0.410 e. The summed E-state index contributed by atoms with van der Waals surface area (Å²) in [6, 6.07) is -0.0289. The van der Waals surface area contributed by atoms with Gasteiger partial charge in [-0.05, 0) is 34.1 Å². The Balaban J connectivity index is 2.76. The molecule has 1 rings (SSSR count). The zero-order chi connectivity index (χ0) is 14.8. The number of Topliss-reactive ketones (excluding diaryl/α,β-unsaturated/α-hetero) is 1. The zero-order valence-electron chi connectivity index (χ0n) is 12.7. The number of rotatable bonds is 1. The number of ketones is 1. The second kappa shape index (κ2) is 5.63. The highest BCUT2D eigenvalue weighted by Gasteiger charge is 2.33. The van der Waals surface area contributed by atoms with Gasteiger partial charge in [0.15, 0.2) is 5.78 Å². The van der Waals surface area contributed by atoms with E-state index < -0.39 is 11.7 Å². The summed E-state index contributed by atoms with van der Waals surface area (Å²) in [6.45, 7) is 7.48. The molecule has 1 atom stereocenters. The highest BCUT2D eigenvalue weighted by molar-refractivity contribution is 5.99. The molecular formula is C14H24N2O3. The molecule has 0 radical (unpaired) electrons. The van der Waals surface area contributed by atoms with E-state index in [1.54, 1.807) is 0 Å². The van der Waals surface area contributed by atoms with Crippen molar-refractivity contribution < 1.29 is 14.3 Å². The number of hydrogen-bond acceptors (Lipinski definition) is 4. The van der Waals surface area contributed by atoms with Crippen LogP contribution in [0.5, 0.6) is 0 Å². The molecule has 1 unspecified atom stereocenters. The number of piperidine rings is 1. The molecule has 0 aromatic heterocycles. The van der Waals surface area contributed by atoms with Gasteiger partial charge in [-0.25, -0.2) is 4.79 Å². The zero-order valence-corrected chi connectivity index (χ0v) is 12.7. The van der Waals surface area contributed by atoms with E-state index in [1.807, 2.05) is 52.9 Å². The Hall–Kier alpha value is -1.52. The van der Waals surface area contributed by atoms with Crippen molar-refractivity contribution in [3.05, 3.63) is 11.8 Å². The average Bonchev–Trinajstić information content (AvgIpc) is 2.19. The van der Waals surface area contributed by atoms with Gasteiger partial charge in [-0.3, -0.25) is 9.69 Å². The summed E-state index contributed by atoms with van der Waals surface area (Å²) in [5.41, 5.74) is 0.219. The summed E-state index contributed by atoms with van der Waals surface area (Å²) in [5, 5.41) is 0. The van der Waals surface area contributed by atoms with E-state index in [-0.39, 0.29) is 18.4 Å². The third-order valence-corrected chi connectivity index (χ3v) is 2.76. The molecule has 0 bridgehead atoms. The first-order valence-corrected chi connectivity index (χ1v) is 6.50. The fourth-order valence-electron chi connectivity index (χ4n) is 1.96. The van der Waals surface area contributed by atoms with Crippen LogP contribution in [0.2, 0.25) is 0 Å². The quantitative estimate of drug-likeness (QED) is 0.683. The Morgan fingerprint density at radius 3 is 2.47 bits per heavy atom. The van der Waals surface area contributed by atoms with Crippen molar-refractivity contribution >= 4 is 11.9 Å². The van der Waals surface area contributed by atoms with E-state index in [9.17, 15) is 9.59 Å². The SMILES string of the molecule is CC1CC(=CN(C)C)C(=O)CN1C(=O)OC(C)(C)C. The molecule has 0 aromatic rings. The van der Waals surface area contributed by atoms with Crippen LogP contribution in [0.3, 0.4) is 0 Å². The third kappa shape index (κ3) is 4.58. The summed E-state index contributed by atoms with van der Waals surface area (Å²) >= 11 is 0. The minimum Gasteiger partial charge on any atom is -0.444 e. The van der Waals surface area contributed by atoms with E-state index in [2.05, 4.69) is 0 Å². The fourth-order valence-corrected chi connectivity index (χ4v) is 1.96. The maximum Gasteiger partial charge on any atom is 0.410 e. The predicted octanol–water partition coefficient (Wildman–Crippen LogP) is 2.03. The molecule has 1 saturated heterocycles. The van der Waals surface area contributed by atoms with E-state index in [4.69, 9.17) is 4.74 Å². The molecule has 0 spiro atoms. The fraction of sp³-hybridized carbons (Fsp3) is 0.714. The van der Waals surface area contributed by atoms with Crippen LogP contribution in [-0.2, 0) is 9.53 Å². The lowest BCUT2D eigenvalue weighted by molar-refractivity contribution is -0.119. The van der Waals surface area contributed by atoms with Gasteiger partial charge in [-0.1, -0.05) is 0 Å². The monoisotopic (exact) mass is 268 g/mol. The second-order valence-electron chi connectivity index (χ2n) is 6.20. The first kappa shape index (κ1) is 15.5. The maximum atomic E-state index is 12.0. The summed E-state index contributed by atoms with van der Waals surface area (Å²) in [5.74, 6) is -0.0161. The van der Waals surface area contributed by atoms with Crippen LogP contribution in [0.1, 0.15) is 34.1 Å². The molecule has 0 saturated carbocycles. The topological polar surface area (TPSA) is 49.9 Å². The number of likely N-dealkylation sites (tertiary alicyclic amines) is 1. The number of carbonyl (C=O) groups is 2. The maximum absolute atomic E-state index is 12.0. The van der Waals surface area contributed by atoms with E-state index in [1.165, 1.54) is 4.90 Å². The molecular weight excluding hydrogens is 244 g/mol. The van der Waals surface area contributed by atoms with Gasteiger partial charge in [0.2, 0.25) is 0 Å². The van der Waals surface area contributed by atoms with Gasteiger partial charge in [0.1, 0.15) is 5.60 Å². The minimum atomic E-state index is -0.542. The van der Waals surface area contributed by atoms with Crippen LogP contribution in [0.4, 0.5) is 4.79 Å². The standard InChI is InChI=1S/C14H24N2O3/c1-10-7-11(8-15(5)6)12(17)9-16(10)13(18)19-14(2,3)4/h8,10H,7,9H2,1-6H3. The first-order valence-electron chi connectivity index (χ1n) is 6.50. The van der Waals surface area contributed by atoms with Crippen LogP contribution in [0.15, 0.2) is 11.8 Å². The van der Waals surface area contributed by atoms with Crippen molar-refractivity contribution in [1.29, 1.82) is 0 Å². The molecule has 1 aliphatic heterocycles. The Morgan fingerprint density at radius 1 is 1.42 bits per heavy atom. The van der Waals surface area contributed by atoms with Crippen LogP contribution in [-0.4, -0.2) is 54.0 Å². The lowest BCUT2D eigenvalue weighted by Crippen LogP contribution is -2.48. The third-order valence-electron chi connectivity index (χ3n) is 2.76. The van der Waals surface area contributed by atoms with Crippen molar-refractivity contribution in [1.82, 2.24) is 9.80 Å². The Kier molecular flexibility index (Phi) is 4.61. The highest BCUT2D eigenvalue weighted by Crippen LogP contribution is 2.22. The highest BCUT2D eigenvalue weighted by atomic mass is 16.6. The van der Waals surface area contributed by atoms with E-state index >= 15 is 0 Å². The molecule has 19 heavy (non-hydrogen) atoms. The van der Waals surface area contributed by atoms with Crippen LogP contribution in [0.25, 0.3) is 0 Å². The van der Waals surface area contributed by atoms with Gasteiger partial charge in [-0.2, -0.15) is 0 Å². The van der Waals surface area contributed by atoms with E-state index in [0.29, 0.717) is 6.42 Å². The minimum absolute atomic E-state index is 0.0161. The average molecular weight is 268 g/mol. The summed E-state index contributed by atoms with van der Waals surface area (Å²) < 4.78 is 5.32. The van der Waals surface area contributed by atoms with Crippen LogP contribution in [0, 0.1) is 0 Å². The Morgan fingerprint density at radius 2 is 2.00 bits per heavy atom. The van der Waals surface area contributed by atoms with Crippen molar-refractivity contribution in [3.8, 4) is 0 Å². The summed E-state index contributed by atoms with van der Waals surface area (Å²) in [4.78, 5) is 27.4. The van der Waals surface area contributed by atoms with Gasteiger partial charge < -0.3 is 9.64 Å². The molecule has 0 N–H and O–H groups in total. The molecule has 5 heteroatoms.